The van der Waals surface area contributed by atoms with E-state index in [1.807, 2.05) is 0 Å². The van der Waals surface area contributed by atoms with Crippen LogP contribution in [-0.4, -0.2) is 108 Å². The van der Waals surface area contributed by atoms with E-state index in [9.17, 15) is 0 Å². The van der Waals surface area contributed by atoms with Crippen molar-refractivity contribution in [2.24, 2.45) is 5.41 Å². The molecule has 152 valence electrons. The Morgan fingerprint density at radius 2 is 0.640 bits per heavy atom. The standard InChI is InChI=1S/C17H36O8/c1-18-5-9-22-13-17(14-23-10-6-19-2,15-24-11-7-20-3)16-25-12-8-21-4/h5-16H2,1-4H3. The maximum absolute atomic E-state index is 5.75. The van der Waals surface area contributed by atoms with Crippen molar-refractivity contribution in [1.29, 1.82) is 0 Å². The van der Waals surface area contributed by atoms with Crippen LogP contribution in [0, 0.1) is 5.41 Å². The van der Waals surface area contributed by atoms with Crippen LogP contribution in [-0.2, 0) is 37.9 Å². The Labute approximate surface area is 151 Å². The zero-order chi connectivity index (χ0) is 18.6. The van der Waals surface area contributed by atoms with Crippen molar-refractivity contribution in [2.45, 2.75) is 0 Å². The Bertz CT molecular complexity index is 212. The van der Waals surface area contributed by atoms with Crippen molar-refractivity contribution in [3.63, 3.8) is 0 Å². The van der Waals surface area contributed by atoms with Crippen molar-refractivity contribution in [1.82, 2.24) is 0 Å². The smallest absolute Gasteiger partial charge is 0.0700 e. The van der Waals surface area contributed by atoms with E-state index >= 15 is 0 Å². The first kappa shape index (κ1) is 24.7. The first-order valence-electron chi connectivity index (χ1n) is 8.51. The molecule has 0 atom stereocenters. The predicted octanol–water partition coefficient (Wildman–Crippen LogP) is 0.625. The average molecular weight is 368 g/mol. The molecule has 0 aliphatic heterocycles. The Morgan fingerprint density at radius 1 is 0.400 bits per heavy atom. The van der Waals surface area contributed by atoms with Crippen LogP contribution in [0.1, 0.15) is 0 Å². The molecule has 0 rings (SSSR count). The van der Waals surface area contributed by atoms with Gasteiger partial charge in [0.2, 0.25) is 0 Å². The first-order valence-corrected chi connectivity index (χ1v) is 8.51. The summed E-state index contributed by atoms with van der Waals surface area (Å²) in [5, 5.41) is 0. The van der Waals surface area contributed by atoms with E-state index < -0.39 is 5.41 Å². The summed E-state index contributed by atoms with van der Waals surface area (Å²) in [6.07, 6.45) is 0. The normalized spacial score (nSPS) is 12.0. The molecule has 0 unspecified atom stereocenters. The summed E-state index contributed by atoms with van der Waals surface area (Å²) in [7, 11) is 6.58. The van der Waals surface area contributed by atoms with E-state index in [0.717, 1.165) is 0 Å². The number of methoxy groups -OCH3 is 4. The van der Waals surface area contributed by atoms with Crippen molar-refractivity contribution >= 4 is 0 Å². The molecule has 0 bridgehead atoms. The highest BCUT2D eigenvalue weighted by Crippen LogP contribution is 2.21. The molecule has 0 saturated heterocycles. The molecule has 0 aromatic heterocycles. The van der Waals surface area contributed by atoms with Gasteiger partial charge in [-0.05, 0) is 0 Å². The minimum atomic E-state index is -0.414. The summed E-state index contributed by atoms with van der Waals surface area (Å²) in [6.45, 7) is 5.97. The summed E-state index contributed by atoms with van der Waals surface area (Å²) in [5.41, 5.74) is -0.414. The number of ether oxygens (including phenoxy) is 8. The highest BCUT2D eigenvalue weighted by Gasteiger charge is 2.32. The Morgan fingerprint density at radius 3 is 0.840 bits per heavy atom. The molecule has 8 heteroatoms. The van der Waals surface area contributed by atoms with Gasteiger partial charge in [-0.3, -0.25) is 0 Å². The molecule has 25 heavy (non-hydrogen) atoms. The molecular formula is C17H36O8. The topological polar surface area (TPSA) is 73.8 Å². The third-order valence-electron chi connectivity index (χ3n) is 3.36. The van der Waals surface area contributed by atoms with E-state index in [0.29, 0.717) is 79.3 Å². The highest BCUT2D eigenvalue weighted by molar-refractivity contribution is 4.79. The van der Waals surface area contributed by atoms with Gasteiger partial charge in [0.05, 0.1) is 84.7 Å². The minimum Gasteiger partial charge on any atom is -0.382 e. The molecule has 0 aliphatic rings. The number of rotatable bonds is 20. The van der Waals surface area contributed by atoms with E-state index in [2.05, 4.69) is 0 Å². The zero-order valence-electron chi connectivity index (χ0n) is 16.3. The van der Waals surface area contributed by atoms with Crippen LogP contribution in [0.15, 0.2) is 0 Å². The Kier molecular flexibility index (Phi) is 18.2. The molecule has 0 aromatic rings. The van der Waals surface area contributed by atoms with Crippen molar-refractivity contribution < 1.29 is 37.9 Å². The number of hydrogen-bond acceptors (Lipinski definition) is 8. The second-order valence-corrected chi connectivity index (χ2v) is 5.68. The van der Waals surface area contributed by atoms with Crippen LogP contribution < -0.4 is 0 Å². The fraction of sp³-hybridized carbons (Fsp3) is 1.00. The lowest BCUT2D eigenvalue weighted by Gasteiger charge is -2.33. The minimum absolute atomic E-state index is 0.414. The van der Waals surface area contributed by atoms with Crippen LogP contribution >= 0.6 is 0 Å². The molecule has 0 saturated carbocycles. The van der Waals surface area contributed by atoms with Gasteiger partial charge in [0.1, 0.15) is 0 Å². The van der Waals surface area contributed by atoms with Crippen LogP contribution in [0.25, 0.3) is 0 Å². The van der Waals surface area contributed by atoms with Gasteiger partial charge in [0, 0.05) is 28.4 Å². The highest BCUT2D eigenvalue weighted by atomic mass is 16.6. The summed E-state index contributed by atoms with van der Waals surface area (Å²) in [6, 6.07) is 0. The fourth-order valence-electron chi connectivity index (χ4n) is 1.97. The van der Waals surface area contributed by atoms with Gasteiger partial charge in [0.15, 0.2) is 0 Å². The van der Waals surface area contributed by atoms with Gasteiger partial charge in [-0.2, -0.15) is 0 Å². The SMILES string of the molecule is COCCOCC(COCCOC)(COCCOC)COCCOC. The van der Waals surface area contributed by atoms with Gasteiger partial charge in [-0.1, -0.05) is 0 Å². The second-order valence-electron chi connectivity index (χ2n) is 5.68. The lowest BCUT2D eigenvalue weighted by molar-refractivity contribution is -0.118. The zero-order valence-corrected chi connectivity index (χ0v) is 16.3. The van der Waals surface area contributed by atoms with Crippen LogP contribution in [0.5, 0.6) is 0 Å². The van der Waals surface area contributed by atoms with Crippen LogP contribution in [0.4, 0.5) is 0 Å². The maximum atomic E-state index is 5.75. The summed E-state index contributed by atoms with van der Waals surface area (Å²) < 4.78 is 43.1. The third kappa shape index (κ3) is 14.5. The van der Waals surface area contributed by atoms with Gasteiger partial charge in [-0.25, -0.2) is 0 Å². The van der Waals surface area contributed by atoms with Gasteiger partial charge >= 0.3 is 0 Å². The summed E-state index contributed by atoms with van der Waals surface area (Å²) in [5.74, 6) is 0. The van der Waals surface area contributed by atoms with Crippen molar-refractivity contribution in [3.05, 3.63) is 0 Å². The predicted molar refractivity (Wildman–Crippen MR) is 93.2 cm³/mol. The molecule has 0 N–H and O–H groups in total. The average Bonchev–Trinajstić information content (AvgIpc) is 2.63. The van der Waals surface area contributed by atoms with E-state index in [1.54, 1.807) is 28.4 Å². The van der Waals surface area contributed by atoms with Gasteiger partial charge < -0.3 is 37.9 Å². The van der Waals surface area contributed by atoms with E-state index in [4.69, 9.17) is 37.9 Å². The third-order valence-corrected chi connectivity index (χ3v) is 3.36. The largest absolute Gasteiger partial charge is 0.382 e. The van der Waals surface area contributed by atoms with E-state index in [1.165, 1.54) is 0 Å². The monoisotopic (exact) mass is 368 g/mol. The molecule has 8 nitrogen and oxygen atoms in total. The molecule has 0 radical (unpaired) electrons. The Balaban J connectivity index is 4.62. The Hall–Kier alpha value is -0.320. The molecule has 0 fully saturated rings. The van der Waals surface area contributed by atoms with Crippen molar-refractivity contribution in [2.75, 3.05) is 108 Å². The first-order chi connectivity index (χ1) is 12.2. The fourth-order valence-corrected chi connectivity index (χ4v) is 1.97. The van der Waals surface area contributed by atoms with Crippen LogP contribution in [0.3, 0.4) is 0 Å². The number of hydrogen-bond donors (Lipinski definition) is 0. The summed E-state index contributed by atoms with van der Waals surface area (Å²) in [4.78, 5) is 0. The molecule has 0 heterocycles. The molecular weight excluding hydrogens is 332 g/mol. The maximum Gasteiger partial charge on any atom is 0.0700 e. The van der Waals surface area contributed by atoms with Gasteiger partial charge in [-0.15, -0.1) is 0 Å². The van der Waals surface area contributed by atoms with Gasteiger partial charge in [0.25, 0.3) is 0 Å². The molecule has 0 amide bonds. The molecule has 0 spiro atoms. The quantitative estimate of drug-likeness (QED) is 0.290. The lowest BCUT2D eigenvalue weighted by atomic mass is 9.92. The van der Waals surface area contributed by atoms with Crippen molar-refractivity contribution in [3.8, 4) is 0 Å². The molecule has 0 aromatic carbocycles. The second kappa shape index (κ2) is 18.5. The molecule has 0 aliphatic carbocycles. The van der Waals surface area contributed by atoms with E-state index in [-0.39, 0.29) is 0 Å². The lowest BCUT2D eigenvalue weighted by Crippen LogP contribution is -2.42. The van der Waals surface area contributed by atoms with Crippen LogP contribution in [0.2, 0.25) is 0 Å². The summed E-state index contributed by atoms with van der Waals surface area (Å²) >= 11 is 0.